The number of amides is 7. The molecule has 17 nitrogen and oxygen atoms in total. The SMILES string of the molecule is CC[C@@H](C)C(=O)N[C@H]1CCO[C@H]2CC(C)(C)[C@@H](C(=O)N[C@@H]3CCCc4ccccc43)N2C1=O.C[C@@H](C(=O)N[C@H]1CCO[C@H]2CC(C)(C)[C@@H](C(=O)N[C@@H]3CCCc4ccccc43)N2C1=O)N(C)C(=O)OC(C)(C)C. The van der Waals surface area contributed by atoms with E-state index in [4.69, 9.17) is 14.2 Å². The number of hydrogen-bond donors (Lipinski definition) is 4. The normalized spacial score (nSPS) is 27.9. The van der Waals surface area contributed by atoms with Crippen LogP contribution in [0.2, 0.25) is 0 Å². The minimum atomic E-state index is -0.883. The van der Waals surface area contributed by atoms with Crippen molar-refractivity contribution in [2.24, 2.45) is 16.7 Å². The first-order chi connectivity index (χ1) is 34.4. The molecule has 4 saturated heterocycles. The van der Waals surface area contributed by atoms with Crippen LogP contribution in [0, 0.1) is 16.7 Å². The lowest BCUT2D eigenvalue weighted by Crippen LogP contribution is -2.58. The van der Waals surface area contributed by atoms with Gasteiger partial charge in [-0.25, -0.2) is 4.79 Å². The first-order valence-corrected chi connectivity index (χ1v) is 26.6. The first kappa shape index (κ1) is 55.2. The number of rotatable bonds is 10. The average Bonchev–Trinajstić information content (AvgIpc) is 3.66. The monoisotopic (exact) mass is 1010 g/mol. The molecular formula is C56H81N7O10. The molecule has 2 aliphatic carbocycles. The zero-order chi connectivity index (χ0) is 53.2. The van der Waals surface area contributed by atoms with Gasteiger partial charge in [-0.1, -0.05) is 90.1 Å². The summed E-state index contributed by atoms with van der Waals surface area (Å²) in [6.45, 7) is 19.3. The van der Waals surface area contributed by atoms with E-state index >= 15 is 0 Å². The summed E-state index contributed by atoms with van der Waals surface area (Å²) in [4.78, 5) is 97.6. The van der Waals surface area contributed by atoms with E-state index in [2.05, 4.69) is 45.5 Å². The van der Waals surface area contributed by atoms with Gasteiger partial charge in [-0.2, -0.15) is 0 Å². The second kappa shape index (κ2) is 22.5. The Hall–Kier alpha value is -5.55. The number of ether oxygens (including phenoxy) is 3. The molecule has 400 valence electrons. The largest absolute Gasteiger partial charge is 0.444 e. The fourth-order valence-electron chi connectivity index (χ4n) is 11.5. The molecule has 4 heterocycles. The van der Waals surface area contributed by atoms with Gasteiger partial charge < -0.3 is 45.3 Å². The fraction of sp³-hybridized carbons (Fsp3) is 0.661. The Kier molecular flexibility index (Phi) is 17.0. The molecule has 4 fully saturated rings. The summed E-state index contributed by atoms with van der Waals surface area (Å²) in [6.07, 6.45) is 6.59. The molecule has 17 heteroatoms. The molecule has 4 N–H and O–H groups in total. The number of nitrogens with one attached hydrogen (secondary N) is 4. The van der Waals surface area contributed by atoms with Crippen molar-refractivity contribution >= 4 is 41.5 Å². The molecule has 0 saturated carbocycles. The summed E-state index contributed by atoms with van der Waals surface area (Å²) in [5, 5.41) is 12.2. The Morgan fingerprint density at radius 1 is 0.671 bits per heavy atom. The molecule has 73 heavy (non-hydrogen) atoms. The van der Waals surface area contributed by atoms with Gasteiger partial charge in [-0.3, -0.25) is 33.7 Å². The molecule has 0 unspecified atom stereocenters. The number of benzene rings is 2. The zero-order valence-electron chi connectivity index (χ0n) is 45.0. The third-order valence-corrected chi connectivity index (χ3v) is 15.8. The molecule has 4 aliphatic heterocycles. The minimum Gasteiger partial charge on any atom is -0.444 e. The Bertz CT molecular complexity index is 2380. The lowest BCUT2D eigenvalue weighted by atomic mass is 9.82. The molecule has 7 amide bonds. The van der Waals surface area contributed by atoms with Gasteiger partial charge in [0.1, 0.15) is 48.3 Å². The zero-order valence-corrected chi connectivity index (χ0v) is 45.0. The second-order valence-electron chi connectivity index (χ2n) is 23.4. The predicted octanol–water partition coefficient (Wildman–Crippen LogP) is 6.38. The van der Waals surface area contributed by atoms with Crippen LogP contribution in [0.25, 0.3) is 0 Å². The summed E-state index contributed by atoms with van der Waals surface area (Å²) < 4.78 is 17.5. The molecule has 0 aromatic heterocycles. The Balaban J connectivity index is 0.000000218. The quantitative estimate of drug-likeness (QED) is 0.207. The van der Waals surface area contributed by atoms with Gasteiger partial charge in [0.25, 0.3) is 0 Å². The van der Waals surface area contributed by atoms with Gasteiger partial charge in [0.2, 0.25) is 35.4 Å². The van der Waals surface area contributed by atoms with E-state index in [0.29, 0.717) is 32.3 Å². The second-order valence-corrected chi connectivity index (χ2v) is 23.4. The highest BCUT2D eigenvalue weighted by molar-refractivity contribution is 5.95. The summed E-state index contributed by atoms with van der Waals surface area (Å²) in [5.41, 5.74) is 3.13. The number of fused-ring (bicyclic) bond motifs is 4. The number of hydrogen-bond acceptors (Lipinski definition) is 10. The van der Waals surface area contributed by atoms with Gasteiger partial charge in [0.15, 0.2) is 0 Å². The summed E-state index contributed by atoms with van der Waals surface area (Å²) in [6, 6.07) is 12.4. The van der Waals surface area contributed by atoms with Crippen molar-refractivity contribution in [3.05, 3.63) is 70.8 Å². The van der Waals surface area contributed by atoms with E-state index in [1.165, 1.54) is 33.5 Å². The maximum atomic E-state index is 13.9. The predicted molar refractivity (Wildman–Crippen MR) is 274 cm³/mol. The van der Waals surface area contributed by atoms with Crippen LogP contribution in [0.15, 0.2) is 48.5 Å². The average molecular weight is 1010 g/mol. The van der Waals surface area contributed by atoms with E-state index < -0.39 is 71.1 Å². The number of likely N-dealkylation sites (N-methyl/N-ethyl adjacent to an activating group) is 1. The third kappa shape index (κ3) is 12.4. The summed E-state index contributed by atoms with van der Waals surface area (Å²) in [7, 11) is 1.49. The van der Waals surface area contributed by atoms with Crippen molar-refractivity contribution in [1.82, 2.24) is 36.0 Å². The highest BCUT2D eigenvalue weighted by Crippen LogP contribution is 2.45. The van der Waals surface area contributed by atoms with Crippen LogP contribution in [0.4, 0.5) is 4.79 Å². The molecular weight excluding hydrogens is 931 g/mol. The van der Waals surface area contributed by atoms with Crippen molar-refractivity contribution in [2.75, 3.05) is 20.3 Å². The van der Waals surface area contributed by atoms with E-state index in [1.54, 1.807) is 32.6 Å². The van der Waals surface area contributed by atoms with Gasteiger partial charge in [-0.15, -0.1) is 0 Å². The summed E-state index contributed by atoms with van der Waals surface area (Å²) in [5.74, 6) is -1.71. The number of carbonyl (C=O) groups is 7. The van der Waals surface area contributed by atoms with Gasteiger partial charge >= 0.3 is 6.09 Å². The van der Waals surface area contributed by atoms with E-state index in [9.17, 15) is 33.6 Å². The molecule has 0 spiro atoms. The lowest BCUT2D eigenvalue weighted by molar-refractivity contribution is -0.150. The maximum absolute atomic E-state index is 13.9. The maximum Gasteiger partial charge on any atom is 0.410 e. The van der Waals surface area contributed by atoms with Crippen molar-refractivity contribution in [3.63, 3.8) is 0 Å². The van der Waals surface area contributed by atoms with E-state index in [0.717, 1.165) is 44.1 Å². The standard InChI is InChI=1S/C30H44N4O6.C26H37N3O4/c1-18(33(7)28(38)40-29(2,3)4)25(35)32-22-15-16-39-23-17-30(5,6)24(34(23)27(22)37)26(36)31-21-14-10-12-19-11-8-9-13-20(19)21;1-5-16(2)23(30)28-20-13-14-33-21-15-26(3,4)22(29(21)25(20)32)24(31)27-19-12-8-10-17-9-6-7-11-18(17)19/h8-9,11,13,18,21-24H,10,12,14-17H2,1-7H3,(H,31,36)(H,32,35);6-7,9,11,16,19-22H,5,8,10,12-15H2,1-4H3,(H,27,31)(H,28,30)/t18-,21+,22-,23-,24+;16-,19-,20+,21+,22-/m01/s1. The number of carbonyl (C=O) groups excluding carboxylic acids is 7. The van der Waals surface area contributed by atoms with Crippen molar-refractivity contribution in [2.45, 2.75) is 200 Å². The highest BCUT2D eigenvalue weighted by Gasteiger charge is 2.57. The molecule has 2 aromatic rings. The van der Waals surface area contributed by atoms with Crippen LogP contribution in [-0.4, -0.2) is 125 Å². The van der Waals surface area contributed by atoms with Crippen LogP contribution in [0.5, 0.6) is 0 Å². The highest BCUT2D eigenvalue weighted by atomic mass is 16.6. The molecule has 6 aliphatic rings. The fourth-order valence-corrected chi connectivity index (χ4v) is 11.5. The smallest absolute Gasteiger partial charge is 0.410 e. The Morgan fingerprint density at radius 2 is 1.10 bits per heavy atom. The van der Waals surface area contributed by atoms with E-state index in [-0.39, 0.29) is 60.6 Å². The van der Waals surface area contributed by atoms with Crippen LogP contribution in [0.3, 0.4) is 0 Å². The van der Waals surface area contributed by atoms with Gasteiger partial charge in [-0.05, 0) is 119 Å². The van der Waals surface area contributed by atoms with Crippen LogP contribution in [-0.2, 0) is 55.8 Å². The van der Waals surface area contributed by atoms with Crippen LogP contribution >= 0.6 is 0 Å². The van der Waals surface area contributed by atoms with Crippen LogP contribution < -0.4 is 21.3 Å². The Morgan fingerprint density at radius 3 is 1.52 bits per heavy atom. The van der Waals surface area contributed by atoms with Crippen LogP contribution in [0.1, 0.15) is 161 Å². The van der Waals surface area contributed by atoms with Gasteiger partial charge in [0.05, 0.1) is 25.3 Å². The first-order valence-electron chi connectivity index (χ1n) is 26.6. The molecule has 2 aromatic carbocycles. The van der Waals surface area contributed by atoms with E-state index in [1.807, 2.05) is 65.8 Å². The Labute approximate surface area is 431 Å². The number of aryl methyl sites for hydroxylation is 2. The molecule has 0 bridgehead atoms. The van der Waals surface area contributed by atoms with Crippen molar-refractivity contribution in [3.8, 4) is 0 Å². The summed E-state index contributed by atoms with van der Waals surface area (Å²) >= 11 is 0. The lowest BCUT2D eigenvalue weighted by Gasteiger charge is -2.36. The molecule has 10 atom stereocenters. The molecule has 0 radical (unpaired) electrons. The van der Waals surface area contributed by atoms with Gasteiger partial charge in [0, 0.05) is 25.8 Å². The van der Waals surface area contributed by atoms with Crippen molar-refractivity contribution < 1.29 is 47.8 Å². The third-order valence-electron chi connectivity index (χ3n) is 15.8. The molecule has 8 rings (SSSR count). The number of nitrogens with zero attached hydrogens (tertiary/aromatic N) is 3. The van der Waals surface area contributed by atoms with Crippen molar-refractivity contribution in [1.29, 1.82) is 0 Å². The topological polar surface area (TPSA) is 205 Å². The minimum absolute atomic E-state index is 0.0544.